The largest absolute Gasteiger partial charge is 0.497 e. The van der Waals surface area contributed by atoms with E-state index in [1.54, 1.807) is 19.5 Å². The molecule has 1 atom stereocenters. The molecule has 2 aromatic rings. The molecular formula is C21H27N5O2. The molecule has 0 unspecified atom stereocenters. The number of ether oxygens (including phenoxy) is 1. The van der Waals surface area contributed by atoms with Gasteiger partial charge < -0.3 is 19.4 Å². The van der Waals surface area contributed by atoms with Crippen molar-refractivity contribution in [2.45, 2.75) is 12.8 Å². The minimum absolute atomic E-state index is 0.0286. The van der Waals surface area contributed by atoms with Crippen LogP contribution >= 0.6 is 0 Å². The highest BCUT2D eigenvalue weighted by Crippen LogP contribution is 2.25. The first-order chi connectivity index (χ1) is 13.7. The van der Waals surface area contributed by atoms with E-state index in [9.17, 15) is 4.79 Å². The van der Waals surface area contributed by atoms with Gasteiger partial charge in [-0.15, -0.1) is 0 Å². The molecule has 3 heterocycles. The Morgan fingerprint density at radius 3 is 2.57 bits per heavy atom. The van der Waals surface area contributed by atoms with E-state index in [2.05, 4.69) is 31.9 Å². The first-order valence-electron chi connectivity index (χ1n) is 9.94. The predicted molar refractivity (Wildman–Crippen MR) is 109 cm³/mol. The average molecular weight is 381 g/mol. The van der Waals surface area contributed by atoms with Gasteiger partial charge in [0, 0.05) is 63.4 Å². The number of rotatable bonds is 4. The second-order valence-corrected chi connectivity index (χ2v) is 7.35. The highest BCUT2D eigenvalue weighted by Gasteiger charge is 2.31. The fourth-order valence-electron chi connectivity index (χ4n) is 4.07. The molecule has 2 aliphatic heterocycles. The Labute approximate surface area is 165 Å². The van der Waals surface area contributed by atoms with Gasteiger partial charge in [-0.2, -0.15) is 0 Å². The Bertz CT molecular complexity index is 792. The molecule has 0 radical (unpaired) electrons. The molecule has 2 aliphatic rings. The number of carbonyl (C=O) groups is 1. The number of piperidine rings is 1. The molecular weight excluding hydrogens is 354 g/mol. The highest BCUT2D eigenvalue weighted by atomic mass is 16.5. The van der Waals surface area contributed by atoms with Crippen LogP contribution in [-0.2, 0) is 4.79 Å². The van der Waals surface area contributed by atoms with Crippen LogP contribution in [-0.4, -0.2) is 67.2 Å². The predicted octanol–water partition coefficient (Wildman–Crippen LogP) is 2.05. The third-order valence-electron chi connectivity index (χ3n) is 5.62. The number of benzene rings is 1. The zero-order valence-electron chi connectivity index (χ0n) is 16.3. The number of hydrogen-bond acceptors (Lipinski definition) is 6. The molecule has 0 aliphatic carbocycles. The monoisotopic (exact) mass is 381 g/mol. The maximum absolute atomic E-state index is 13.1. The zero-order chi connectivity index (χ0) is 19.3. The fourth-order valence-corrected chi connectivity index (χ4v) is 4.07. The molecule has 7 heteroatoms. The van der Waals surface area contributed by atoms with Crippen molar-refractivity contribution in [3.63, 3.8) is 0 Å². The summed E-state index contributed by atoms with van der Waals surface area (Å²) in [5.74, 6) is 1.89. The third-order valence-corrected chi connectivity index (χ3v) is 5.62. The van der Waals surface area contributed by atoms with Gasteiger partial charge in [0.15, 0.2) is 0 Å². The van der Waals surface area contributed by atoms with Crippen LogP contribution in [0.2, 0.25) is 0 Å². The zero-order valence-corrected chi connectivity index (χ0v) is 16.3. The molecule has 7 nitrogen and oxygen atoms in total. The van der Waals surface area contributed by atoms with Gasteiger partial charge in [0.1, 0.15) is 5.75 Å². The molecule has 0 spiro atoms. The van der Waals surface area contributed by atoms with Gasteiger partial charge in [0.05, 0.1) is 13.0 Å². The van der Waals surface area contributed by atoms with E-state index in [1.807, 2.05) is 23.1 Å². The molecule has 2 fully saturated rings. The van der Waals surface area contributed by atoms with Gasteiger partial charge in [-0.25, -0.2) is 9.97 Å². The maximum Gasteiger partial charge on any atom is 0.227 e. The van der Waals surface area contributed by atoms with Crippen molar-refractivity contribution in [2.24, 2.45) is 5.92 Å². The highest BCUT2D eigenvalue weighted by molar-refractivity contribution is 5.80. The van der Waals surface area contributed by atoms with Crippen molar-refractivity contribution in [2.75, 3.05) is 56.2 Å². The van der Waals surface area contributed by atoms with Crippen LogP contribution in [0.4, 0.5) is 11.6 Å². The maximum atomic E-state index is 13.1. The summed E-state index contributed by atoms with van der Waals surface area (Å²) in [5.41, 5.74) is 1.15. The van der Waals surface area contributed by atoms with Crippen molar-refractivity contribution in [3.8, 4) is 5.75 Å². The van der Waals surface area contributed by atoms with E-state index in [0.717, 1.165) is 63.0 Å². The van der Waals surface area contributed by atoms with Gasteiger partial charge in [-0.1, -0.05) is 6.07 Å². The van der Waals surface area contributed by atoms with E-state index in [1.165, 1.54) is 0 Å². The molecule has 1 aromatic carbocycles. The number of carbonyl (C=O) groups excluding carboxylic acids is 1. The van der Waals surface area contributed by atoms with Crippen LogP contribution in [0.1, 0.15) is 12.8 Å². The minimum Gasteiger partial charge on any atom is -0.497 e. The smallest absolute Gasteiger partial charge is 0.227 e. The van der Waals surface area contributed by atoms with Crippen molar-refractivity contribution in [1.82, 2.24) is 14.9 Å². The lowest BCUT2D eigenvalue weighted by atomic mass is 9.96. The van der Waals surface area contributed by atoms with Crippen molar-refractivity contribution in [3.05, 3.63) is 42.7 Å². The van der Waals surface area contributed by atoms with Gasteiger partial charge in [0.25, 0.3) is 0 Å². The summed E-state index contributed by atoms with van der Waals surface area (Å²) < 4.78 is 5.32. The molecule has 2 saturated heterocycles. The Balaban J connectivity index is 1.34. The quantitative estimate of drug-likeness (QED) is 0.808. The molecule has 0 N–H and O–H groups in total. The lowest BCUT2D eigenvalue weighted by Gasteiger charge is -2.39. The van der Waals surface area contributed by atoms with Crippen molar-refractivity contribution in [1.29, 1.82) is 0 Å². The van der Waals surface area contributed by atoms with E-state index in [4.69, 9.17) is 4.74 Å². The number of anilines is 2. The number of aromatic nitrogens is 2. The Kier molecular flexibility index (Phi) is 5.60. The van der Waals surface area contributed by atoms with E-state index < -0.39 is 0 Å². The average Bonchev–Trinajstić information content (AvgIpc) is 2.79. The standard InChI is InChI=1S/C21H27N5O2/c1-28-19-7-2-6-18(15-19)24-11-13-25(14-12-24)20(27)17-5-3-10-26(16-17)21-22-8-4-9-23-21/h2,4,6-9,15,17H,3,5,10-14,16H2,1H3/t17-/m0/s1. The normalized spacial score (nSPS) is 20.2. The van der Waals surface area contributed by atoms with Crippen LogP contribution < -0.4 is 14.5 Å². The Morgan fingerprint density at radius 1 is 1.04 bits per heavy atom. The number of piperazine rings is 1. The summed E-state index contributed by atoms with van der Waals surface area (Å²) in [6.45, 7) is 4.83. The van der Waals surface area contributed by atoms with Crippen molar-refractivity contribution < 1.29 is 9.53 Å². The Morgan fingerprint density at radius 2 is 1.82 bits per heavy atom. The molecule has 0 bridgehead atoms. The minimum atomic E-state index is 0.0286. The fraction of sp³-hybridized carbons (Fsp3) is 0.476. The van der Waals surface area contributed by atoms with E-state index in [-0.39, 0.29) is 11.8 Å². The van der Waals surface area contributed by atoms with Crippen LogP contribution in [0.25, 0.3) is 0 Å². The van der Waals surface area contributed by atoms with E-state index in [0.29, 0.717) is 6.54 Å². The van der Waals surface area contributed by atoms with Gasteiger partial charge in [-0.05, 0) is 31.0 Å². The van der Waals surface area contributed by atoms with Gasteiger partial charge >= 0.3 is 0 Å². The van der Waals surface area contributed by atoms with Gasteiger partial charge in [0.2, 0.25) is 11.9 Å². The van der Waals surface area contributed by atoms with Gasteiger partial charge in [-0.3, -0.25) is 4.79 Å². The lowest BCUT2D eigenvalue weighted by Crippen LogP contribution is -2.52. The molecule has 1 amide bonds. The van der Waals surface area contributed by atoms with Crippen molar-refractivity contribution >= 4 is 17.5 Å². The third kappa shape index (κ3) is 4.03. The second-order valence-electron chi connectivity index (χ2n) is 7.35. The van der Waals surface area contributed by atoms with Crippen LogP contribution in [0.15, 0.2) is 42.7 Å². The van der Waals surface area contributed by atoms with E-state index >= 15 is 0 Å². The molecule has 28 heavy (non-hydrogen) atoms. The summed E-state index contributed by atoms with van der Waals surface area (Å²) in [7, 11) is 1.68. The second kappa shape index (κ2) is 8.46. The lowest BCUT2D eigenvalue weighted by molar-refractivity contribution is -0.136. The molecule has 4 rings (SSSR count). The first-order valence-corrected chi connectivity index (χ1v) is 9.94. The summed E-state index contributed by atoms with van der Waals surface area (Å²) in [6.07, 6.45) is 5.45. The molecule has 148 valence electrons. The van der Waals surface area contributed by atoms with Crippen LogP contribution in [0, 0.1) is 5.92 Å². The summed E-state index contributed by atoms with van der Waals surface area (Å²) in [4.78, 5) is 28.3. The van der Waals surface area contributed by atoms with Crippen LogP contribution in [0.3, 0.4) is 0 Å². The Hall–Kier alpha value is -2.83. The molecule has 0 saturated carbocycles. The topological polar surface area (TPSA) is 61.8 Å². The number of amides is 1. The first kappa shape index (κ1) is 18.5. The molecule has 1 aromatic heterocycles. The number of methoxy groups -OCH3 is 1. The summed E-state index contributed by atoms with van der Waals surface area (Å²) in [5, 5.41) is 0. The summed E-state index contributed by atoms with van der Waals surface area (Å²) in [6, 6.07) is 9.93. The van der Waals surface area contributed by atoms with Crippen LogP contribution in [0.5, 0.6) is 5.75 Å². The number of hydrogen-bond donors (Lipinski definition) is 0. The summed E-state index contributed by atoms with van der Waals surface area (Å²) >= 11 is 0. The SMILES string of the molecule is COc1cccc(N2CCN(C(=O)[C@H]3CCCN(c4ncccn4)C3)CC2)c1. The number of nitrogens with zero attached hydrogens (tertiary/aromatic N) is 5.